The second-order valence-corrected chi connectivity index (χ2v) is 3.78. The molecular weight excluding hydrogens is 166 g/mol. The first-order valence-corrected chi connectivity index (χ1v) is 5.15. The predicted molar refractivity (Wildman–Crippen MR) is 51.2 cm³/mol. The van der Waals surface area contributed by atoms with Crippen molar-refractivity contribution in [1.29, 1.82) is 0 Å². The van der Waals surface area contributed by atoms with Crippen molar-refractivity contribution in [2.24, 2.45) is 11.7 Å². The summed E-state index contributed by atoms with van der Waals surface area (Å²) in [6, 6.07) is 0. The van der Waals surface area contributed by atoms with Gasteiger partial charge in [0.05, 0.1) is 0 Å². The molecule has 0 amide bonds. The van der Waals surface area contributed by atoms with Crippen LogP contribution < -0.4 is 5.73 Å². The van der Waals surface area contributed by atoms with E-state index in [0.717, 1.165) is 25.7 Å². The van der Waals surface area contributed by atoms with Crippen LogP contribution in [-0.2, 0) is 9.53 Å². The molecule has 3 heteroatoms. The highest BCUT2D eigenvalue weighted by Gasteiger charge is 2.26. The molecule has 0 aliphatic heterocycles. The van der Waals surface area contributed by atoms with Crippen molar-refractivity contribution in [2.75, 3.05) is 6.54 Å². The maximum absolute atomic E-state index is 11.3. The van der Waals surface area contributed by atoms with Gasteiger partial charge in [-0.25, -0.2) is 0 Å². The number of rotatable bonds is 6. The summed E-state index contributed by atoms with van der Waals surface area (Å²) in [7, 11) is 0. The van der Waals surface area contributed by atoms with Crippen LogP contribution in [0.15, 0.2) is 0 Å². The highest BCUT2D eigenvalue weighted by Crippen LogP contribution is 2.24. The lowest BCUT2D eigenvalue weighted by atomic mass is 10.0. The van der Waals surface area contributed by atoms with E-state index in [2.05, 4.69) is 6.92 Å². The Hall–Kier alpha value is -0.570. The molecule has 0 aromatic carbocycles. The molecule has 13 heavy (non-hydrogen) atoms. The molecule has 1 rings (SSSR count). The molecule has 76 valence electrons. The highest BCUT2D eigenvalue weighted by atomic mass is 16.5. The maximum Gasteiger partial charge on any atom is 0.306 e. The Morgan fingerprint density at radius 1 is 1.62 bits per heavy atom. The van der Waals surface area contributed by atoms with Crippen molar-refractivity contribution in [2.45, 2.75) is 45.1 Å². The van der Waals surface area contributed by atoms with Gasteiger partial charge in [0, 0.05) is 6.42 Å². The smallest absolute Gasteiger partial charge is 0.306 e. The van der Waals surface area contributed by atoms with Crippen molar-refractivity contribution >= 4 is 5.97 Å². The Kier molecular flexibility index (Phi) is 4.22. The van der Waals surface area contributed by atoms with E-state index in [1.54, 1.807) is 0 Å². The molecule has 0 aromatic rings. The Labute approximate surface area is 79.6 Å². The van der Waals surface area contributed by atoms with E-state index in [0.29, 0.717) is 18.9 Å². The molecule has 1 aliphatic rings. The lowest BCUT2D eigenvalue weighted by Crippen LogP contribution is -2.19. The summed E-state index contributed by atoms with van der Waals surface area (Å²) in [4.78, 5) is 11.3. The number of hydrogen-bond acceptors (Lipinski definition) is 3. The lowest BCUT2D eigenvalue weighted by molar-refractivity contribution is -0.146. The molecule has 0 heterocycles. The number of ether oxygens (including phenoxy) is 1. The van der Waals surface area contributed by atoms with Crippen molar-refractivity contribution in [3.63, 3.8) is 0 Å². The Morgan fingerprint density at radius 2 is 2.31 bits per heavy atom. The van der Waals surface area contributed by atoms with Crippen LogP contribution in [0.25, 0.3) is 0 Å². The summed E-state index contributed by atoms with van der Waals surface area (Å²) in [5, 5.41) is 0. The van der Waals surface area contributed by atoms with Crippen LogP contribution in [0, 0.1) is 5.92 Å². The summed E-state index contributed by atoms with van der Waals surface area (Å²) in [6.45, 7) is 2.70. The molecule has 1 unspecified atom stereocenters. The lowest BCUT2D eigenvalue weighted by Gasteiger charge is -2.12. The fourth-order valence-corrected chi connectivity index (χ4v) is 1.37. The van der Waals surface area contributed by atoms with Gasteiger partial charge in [0.1, 0.15) is 6.10 Å². The van der Waals surface area contributed by atoms with Gasteiger partial charge in [-0.3, -0.25) is 4.79 Å². The first-order chi connectivity index (χ1) is 6.26. The summed E-state index contributed by atoms with van der Waals surface area (Å²) < 4.78 is 5.15. The number of carbonyl (C=O) groups is 1. The van der Waals surface area contributed by atoms with E-state index in [1.165, 1.54) is 0 Å². The molecule has 1 saturated carbocycles. The minimum absolute atomic E-state index is 0.0635. The van der Waals surface area contributed by atoms with Gasteiger partial charge in [0.25, 0.3) is 0 Å². The molecule has 0 saturated heterocycles. The van der Waals surface area contributed by atoms with Crippen molar-refractivity contribution in [1.82, 2.24) is 0 Å². The highest BCUT2D eigenvalue weighted by molar-refractivity contribution is 5.70. The standard InChI is InChI=1S/C10H19NO2/c1-2-3-8(7-11)6-10(12)13-9-4-5-9/h8-9H,2-7,11H2,1H3. The first-order valence-electron chi connectivity index (χ1n) is 5.15. The van der Waals surface area contributed by atoms with Crippen LogP contribution >= 0.6 is 0 Å². The molecule has 0 aromatic heterocycles. The van der Waals surface area contributed by atoms with Crippen LogP contribution in [0.2, 0.25) is 0 Å². The minimum atomic E-state index is -0.0635. The minimum Gasteiger partial charge on any atom is -0.462 e. The predicted octanol–water partition coefficient (Wildman–Crippen LogP) is 1.46. The van der Waals surface area contributed by atoms with Gasteiger partial charge in [-0.15, -0.1) is 0 Å². The van der Waals surface area contributed by atoms with Crippen LogP contribution in [0.4, 0.5) is 0 Å². The molecule has 0 spiro atoms. The average Bonchev–Trinajstić information content (AvgIpc) is 2.87. The third-order valence-electron chi connectivity index (χ3n) is 2.31. The topological polar surface area (TPSA) is 52.3 Å². The van der Waals surface area contributed by atoms with Gasteiger partial charge in [0.2, 0.25) is 0 Å². The Bertz CT molecular complexity index is 166. The zero-order valence-corrected chi connectivity index (χ0v) is 8.29. The van der Waals surface area contributed by atoms with Gasteiger partial charge in [-0.1, -0.05) is 13.3 Å². The number of esters is 1. The average molecular weight is 185 g/mol. The van der Waals surface area contributed by atoms with Crippen LogP contribution in [0.5, 0.6) is 0 Å². The van der Waals surface area contributed by atoms with E-state index in [-0.39, 0.29) is 12.1 Å². The van der Waals surface area contributed by atoms with Gasteiger partial charge >= 0.3 is 5.97 Å². The third kappa shape index (κ3) is 4.27. The summed E-state index contributed by atoms with van der Waals surface area (Å²) in [5.74, 6) is 0.252. The maximum atomic E-state index is 11.3. The quantitative estimate of drug-likeness (QED) is 0.637. The summed E-state index contributed by atoms with van der Waals surface area (Å²) >= 11 is 0. The molecule has 0 bridgehead atoms. The van der Waals surface area contributed by atoms with Crippen LogP contribution in [0.3, 0.4) is 0 Å². The molecule has 3 nitrogen and oxygen atoms in total. The molecule has 0 radical (unpaired) electrons. The van der Waals surface area contributed by atoms with Gasteiger partial charge in [-0.05, 0) is 31.7 Å². The van der Waals surface area contributed by atoms with Gasteiger partial charge in [-0.2, -0.15) is 0 Å². The zero-order chi connectivity index (χ0) is 9.68. The van der Waals surface area contributed by atoms with Gasteiger partial charge in [0.15, 0.2) is 0 Å². The van der Waals surface area contributed by atoms with Crippen LogP contribution in [-0.4, -0.2) is 18.6 Å². The number of carbonyl (C=O) groups excluding carboxylic acids is 1. The second-order valence-electron chi connectivity index (χ2n) is 3.78. The Morgan fingerprint density at radius 3 is 2.77 bits per heavy atom. The monoisotopic (exact) mass is 185 g/mol. The summed E-state index contributed by atoms with van der Waals surface area (Å²) in [6.07, 6.45) is 4.93. The SMILES string of the molecule is CCCC(CN)CC(=O)OC1CC1. The third-order valence-corrected chi connectivity index (χ3v) is 2.31. The number of hydrogen-bond donors (Lipinski definition) is 1. The zero-order valence-electron chi connectivity index (χ0n) is 8.29. The molecule has 1 aliphatic carbocycles. The molecule has 1 fully saturated rings. The first kappa shape index (κ1) is 10.5. The fourth-order valence-electron chi connectivity index (χ4n) is 1.37. The number of nitrogens with two attached hydrogens (primary N) is 1. The van der Waals surface area contributed by atoms with E-state index in [1.807, 2.05) is 0 Å². The van der Waals surface area contributed by atoms with E-state index in [4.69, 9.17) is 10.5 Å². The van der Waals surface area contributed by atoms with Gasteiger partial charge < -0.3 is 10.5 Å². The normalized spacial score (nSPS) is 18.3. The van der Waals surface area contributed by atoms with E-state index >= 15 is 0 Å². The van der Waals surface area contributed by atoms with Crippen molar-refractivity contribution in [3.8, 4) is 0 Å². The van der Waals surface area contributed by atoms with Crippen molar-refractivity contribution in [3.05, 3.63) is 0 Å². The van der Waals surface area contributed by atoms with Crippen LogP contribution in [0.1, 0.15) is 39.0 Å². The van der Waals surface area contributed by atoms with E-state index < -0.39 is 0 Å². The molecule has 2 N–H and O–H groups in total. The van der Waals surface area contributed by atoms with Crippen molar-refractivity contribution < 1.29 is 9.53 Å². The molecular formula is C10H19NO2. The molecule has 1 atom stereocenters. The fraction of sp³-hybridized carbons (Fsp3) is 0.900. The Balaban J connectivity index is 2.14. The van der Waals surface area contributed by atoms with E-state index in [9.17, 15) is 4.79 Å². The second kappa shape index (κ2) is 5.22. The largest absolute Gasteiger partial charge is 0.462 e. The summed E-state index contributed by atoms with van der Waals surface area (Å²) in [5.41, 5.74) is 5.55.